The molecule has 7 nitrogen and oxygen atoms in total. The zero-order valence-electron chi connectivity index (χ0n) is 16.4. The van der Waals surface area contributed by atoms with Gasteiger partial charge in [0, 0.05) is 37.0 Å². The molecule has 2 atom stereocenters. The number of likely N-dealkylation sites (tertiary alicyclic amines) is 1. The van der Waals surface area contributed by atoms with Gasteiger partial charge in [-0.2, -0.15) is 0 Å². The molecule has 156 valence electrons. The second-order valence-corrected chi connectivity index (χ2v) is 8.61. The van der Waals surface area contributed by atoms with Crippen LogP contribution in [0.5, 0.6) is 0 Å². The van der Waals surface area contributed by atoms with E-state index in [-0.39, 0.29) is 42.1 Å². The molecule has 2 aliphatic carbocycles. The summed E-state index contributed by atoms with van der Waals surface area (Å²) in [5.41, 5.74) is 6.36. The van der Waals surface area contributed by atoms with Crippen molar-refractivity contribution < 1.29 is 14.1 Å². The molecule has 2 saturated carbocycles. The molecule has 1 aromatic rings. The molecule has 4 rings (SSSR count). The quantitative estimate of drug-likeness (QED) is 0.797. The Hall–Kier alpha value is -1.60. The molecule has 2 bridgehead atoms. The minimum atomic E-state index is -0.0785. The summed E-state index contributed by atoms with van der Waals surface area (Å²) in [6, 6.07) is 2.00. The fourth-order valence-electron chi connectivity index (χ4n) is 5.26. The molecule has 28 heavy (non-hydrogen) atoms. The average Bonchev–Trinajstić information content (AvgIpc) is 3.06. The number of halogens is 1. The van der Waals surface area contributed by atoms with Crippen LogP contribution in [-0.2, 0) is 9.59 Å². The van der Waals surface area contributed by atoms with Gasteiger partial charge in [0.2, 0.25) is 11.8 Å². The van der Waals surface area contributed by atoms with E-state index in [4.69, 9.17) is 10.3 Å². The van der Waals surface area contributed by atoms with Crippen molar-refractivity contribution in [3.63, 3.8) is 0 Å². The number of aromatic nitrogens is 1. The Balaban J connectivity index is 0.00000225. The monoisotopic (exact) mass is 410 g/mol. The lowest BCUT2D eigenvalue weighted by atomic mass is 9.65. The summed E-state index contributed by atoms with van der Waals surface area (Å²) >= 11 is 0. The Morgan fingerprint density at radius 1 is 1.14 bits per heavy atom. The standard InChI is InChI=1S/C20H30N4O3.ClH/c1-12-9-17(23-27-12)22-19(25)13-5-7-24(8-6-13)20(26)16-10-14-3-2-4-15(11-16)18(14)21;/h9,13-16,18H,2-8,10-11,21H2,1H3,(H,22,23,25);1H. The number of nitrogens with two attached hydrogens (primary N) is 1. The number of anilines is 1. The van der Waals surface area contributed by atoms with E-state index in [2.05, 4.69) is 10.5 Å². The molecule has 0 aromatic carbocycles. The van der Waals surface area contributed by atoms with E-state index in [1.807, 2.05) is 4.90 Å². The third-order valence-electron chi connectivity index (χ3n) is 6.82. The van der Waals surface area contributed by atoms with Gasteiger partial charge in [0.1, 0.15) is 5.76 Å². The van der Waals surface area contributed by atoms with Crippen LogP contribution in [0.2, 0.25) is 0 Å². The van der Waals surface area contributed by atoms with E-state index in [1.165, 1.54) is 19.3 Å². The maximum atomic E-state index is 13.0. The van der Waals surface area contributed by atoms with Crippen LogP contribution in [0.3, 0.4) is 0 Å². The summed E-state index contributed by atoms with van der Waals surface area (Å²) in [5, 5.41) is 6.62. The third-order valence-corrected chi connectivity index (χ3v) is 6.82. The zero-order valence-corrected chi connectivity index (χ0v) is 17.2. The lowest BCUT2D eigenvalue weighted by molar-refractivity contribution is -0.141. The van der Waals surface area contributed by atoms with Crippen molar-refractivity contribution in [2.45, 2.75) is 57.9 Å². The minimum Gasteiger partial charge on any atom is -0.360 e. The van der Waals surface area contributed by atoms with Crippen LogP contribution in [0.1, 0.15) is 50.7 Å². The largest absolute Gasteiger partial charge is 0.360 e. The van der Waals surface area contributed by atoms with Crippen LogP contribution in [0.4, 0.5) is 5.82 Å². The molecule has 0 radical (unpaired) electrons. The minimum absolute atomic E-state index is 0. The molecular formula is C20H31ClN4O3. The molecule has 0 spiro atoms. The Labute approximate surface area is 172 Å². The number of fused-ring (bicyclic) bond motifs is 2. The van der Waals surface area contributed by atoms with Gasteiger partial charge in [-0.1, -0.05) is 11.6 Å². The molecule has 1 aliphatic heterocycles. The molecule has 2 amide bonds. The lowest BCUT2D eigenvalue weighted by Gasteiger charge is -2.45. The van der Waals surface area contributed by atoms with Crippen molar-refractivity contribution in [1.29, 1.82) is 0 Å². The fraction of sp³-hybridized carbons (Fsp3) is 0.750. The number of rotatable bonds is 3. The maximum absolute atomic E-state index is 13.0. The summed E-state index contributed by atoms with van der Waals surface area (Å²) < 4.78 is 4.98. The summed E-state index contributed by atoms with van der Waals surface area (Å²) in [4.78, 5) is 27.4. The second-order valence-electron chi connectivity index (χ2n) is 8.61. The third kappa shape index (κ3) is 4.35. The smallest absolute Gasteiger partial charge is 0.228 e. The van der Waals surface area contributed by atoms with Gasteiger partial charge in [-0.05, 0) is 57.3 Å². The highest BCUT2D eigenvalue weighted by Gasteiger charge is 2.42. The van der Waals surface area contributed by atoms with Crippen LogP contribution >= 0.6 is 12.4 Å². The predicted octanol–water partition coefficient (Wildman–Crippen LogP) is 2.74. The highest BCUT2D eigenvalue weighted by Crippen LogP contribution is 2.42. The number of hydrogen-bond donors (Lipinski definition) is 2. The van der Waals surface area contributed by atoms with E-state index in [0.29, 0.717) is 49.3 Å². The van der Waals surface area contributed by atoms with Crippen LogP contribution in [-0.4, -0.2) is 41.0 Å². The highest BCUT2D eigenvalue weighted by atomic mass is 35.5. The van der Waals surface area contributed by atoms with Crippen LogP contribution in [0.25, 0.3) is 0 Å². The molecule has 8 heteroatoms. The molecular weight excluding hydrogens is 380 g/mol. The number of aryl methyl sites for hydroxylation is 1. The predicted molar refractivity (Wildman–Crippen MR) is 108 cm³/mol. The van der Waals surface area contributed by atoms with E-state index in [1.54, 1.807) is 13.0 Å². The van der Waals surface area contributed by atoms with Gasteiger partial charge >= 0.3 is 0 Å². The van der Waals surface area contributed by atoms with Crippen molar-refractivity contribution in [1.82, 2.24) is 10.1 Å². The summed E-state index contributed by atoms with van der Waals surface area (Å²) in [7, 11) is 0. The van der Waals surface area contributed by atoms with Gasteiger partial charge in [-0.15, -0.1) is 12.4 Å². The van der Waals surface area contributed by atoms with Crippen molar-refractivity contribution in [2.24, 2.45) is 29.4 Å². The van der Waals surface area contributed by atoms with E-state index >= 15 is 0 Å². The maximum Gasteiger partial charge on any atom is 0.228 e. The average molecular weight is 411 g/mol. The van der Waals surface area contributed by atoms with Gasteiger partial charge < -0.3 is 20.5 Å². The summed E-state index contributed by atoms with van der Waals surface area (Å²) in [6.07, 6.45) is 6.90. The first-order valence-electron chi connectivity index (χ1n) is 10.3. The Morgan fingerprint density at radius 2 is 1.79 bits per heavy atom. The first kappa shape index (κ1) is 21.1. The number of piperidine rings is 1. The highest BCUT2D eigenvalue weighted by molar-refractivity contribution is 5.92. The molecule has 2 heterocycles. The normalized spacial score (nSPS) is 30.4. The molecule has 3 N–H and O–H groups in total. The Kier molecular flexibility index (Phi) is 6.65. The van der Waals surface area contributed by atoms with E-state index < -0.39 is 0 Å². The van der Waals surface area contributed by atoms with Crippen molar-refractivity contribution >= 4 is 30.0 Å². The Bertz CT molecular complexity index is 687. The summed E-state index contributed by atoms with van der Waals surface area (Å²) in [5.74, 6) is 2.46. The topological polar surface area (TPSA) is 101 Å². The van der Waals surface area contributed by atoms with Gasteiger partial charge in [0.15, 0.2) is 5.82 Å². The van der Waals surface area contributed by atoms with Gasteiger partial charge in [0.25, 0.3) is 0 Å². The number of hydrogen-bond acceptors (Lipinski definition) is 5. The Morgan fingerprint density at radius 3 is 2.36 bits per heavy atom. The van der Waals surface area contributed by atoms with E-state index in [0.717, 1.165) is 12.8 Å². The number of nitrogens with zero attached hydrogens (tertiary/aromatic N) is 2. The number of carbonyl (C=O) groups excluding carboxylic acids is 2. The fourth-order valence-corrected chi connectivity index (χ4v) is 5.26. The number of nitrogens with one attached hydrogen (secondary N) is 1. The van der Waals surface area contributed by atoms with Gasteiger partial charge in [-0.3, -0.25) is 9.59 Å². The van der Waals surface area contributed by atoms with E-state index in [9.17, 15) is 9.59 Å². The molecule has 1 aromatic heterocycles. The van der Waals surface area contributed by atoms with Crippen molar-refractivity contribution in [3.8, 4) is 0 Å². The molecule has 1 saturated heterocycles. The SMILES string of the molecule is Cc1cc(NC(=O)C2CCN(C(=O)C3CC4CCCC(C3)C4N)CC2)no1.Cl. The van der Waals surface area contributed by atoms with Crippen LogP contribution in [0, 0.1) is 30.6 Å². The lowest BCUT2D eigenvalue weighted by Crippen LogP contribution is -2.51. The summed E-state index contributed by atoms with van der Waals surface area (Å²) in [6.45, 7) is 3.11. The van der Waals surface area contributed by atoms with Gasteiger partial charge in [0.05, 0.1) is 0 Å². The first-order chi connectivity index (χ1) is 13.0. The molecule has 2 unspecified atom stereocenters. The molecule has 3 aliphatic rings. The van der Waals surface area contributed by atoms with Crippen molar-refractivity contribution in [3.05, 3.63) is 11.8 Å². The van der Waals surface area contributed by atoms with Crippen LogP contribution < -0.4 is 11.1 Å². The zero-order chi connectivity index (χ0) is 19.0. The van der Waals surface area contributed by atoms with Crippen LogP contribution in [0.15, 0.2) is 10.6 Å². The van der Waals surface area contributed by atoms with Crippen molar-refractivity contribution in [2.75, 3.05) is 18.4 Å². The molecule has 3 fully saturated rings. The second kappa shape index (κ2) is 8.82. The number of carbonyl (C=O) groups is 2. The number of amides is 2. The first-order valence-corrected chi connectivity index (χ1v) is 10.3. The van der Waals surface area contributed by atoms with Gasteiger partial charge in [-0.25, -0.2) is 0 Å².